The number of aromatic amines is 1. The molecule has 0 aliphatic heterocycles. The van der Waals surface area contributed by atoms with Crippen molar-refractivity contribution in [3.63, 3.8) is 0 Å². The van der Waals surface area contributed by atoms with Crippen LogP contribution < -0.4 is 26.4 Å². The second-order valence-corrected chi connectivity index (χ2v) is 7.88. The summed E-state index contributed by atoms with van der Waals surface area (Å²) >= 11 is 0. The first kappa shape index (κ1) is 21.4. The largest absolute Gasteiger partial charge is 0.496 e. The van der Waals surface area contributed by atoms with Gasteiger partial charge in [0, 0.05) is 23.5 Å². The predicted octanol–water partition coefficient (Wildman–Crippen LogP) is 3.83. The summed E-state index contributed by atoms with van der Waals surface area (Å²) in [6, 6.07) is 10.0. The van der Waals surface area contributed by atoms with Gasteiger partial charge in [-0.15, -0.1) is 0 Å². The van der Waals surface area contributed by atoms with Crippen molar-refractivity contribution in [2.24, 2.45) is 0 Å². The number of hydrogen-bond acceptors (Lipinski definition) is 8. The van der Waals surface area contributed by atoms with Crippen molar-refractivity contribution in [2.75, 3.05) is 17.7 Å². The highest BCUT2D eigenvalue weighted by Crippen LogP contribution is 2.27. The van der Waals surface area contributed by atoms with Gasteiger partial charge in [0.05, 0.1) is 24.4 Å². The number of carbonyl (C=O) groups is 1. The molecule has 1 saturated carbocycles. The summed E-state index contributed by atoms with van der Waals surface area (Å²) in [4.78, 5) is 34.6. The van der Waals surface area contributed by atoms with Crippen LogP contribution in [0.25, 0.3) is 11.1 Å². The number of halogens is 1. The van der Waals surface area contributed by atoms with Crippen molar-refractivity contribution in [3.8, 4) is 5.75 Å². The number of anilines is 4. The van der Waals surface area contributed by atoms with E-state index < -0.39 is 11.6 Å². The average molecular weight is 464 g/mol. The van der Waals surface area contributed by atoms with Crippen molar-refractivity contribution in [3.05, 3.63) is 64.5 Å². The molecule has 174 valence electrons. The minimum Gasteiger partial charge on any atom is -0.496 e. The summed E-state index contributed by atoms with van der Waals surface area (Å²) in [5.41, 5.74) is 2.34. The fourth-order valence-corrected chi connectivity index (χ4v) is 3.58. The Hall–Kier alpha value is -4.41. The molecule has 0 radical (unpaired) electrons. The number of oxazole rings is 1. The standard InChI is InChI=1S/C23H21FN6O4/c1-33-19-10-14(5-7-15(19)21(31)27-12-3-2-4-12)28-22-25-11-16(24)20(30-22)26-13-6-8-18-17(9-13)29-23(32)34-18/h5-12H,2-4H2,1H3,(H,27,31)(H,29,32)(H2,25,26,28,30). The van der Waals surface area contributed by atoms with E-state index in [1.165, 1.54) is 7.11 Å². The Morgan fingerprint density at radius 2 is 1.97 bits per heavy atom. The minimum absolute atomic E-state index is 0.0637. The van der Waals surface area contributed by atoms with Gasteiger partial charge >= 0.3 is 5.76 Å². The van der Waals surface area contributed by atoms with Crippen LogP contribution in [0.5, 0.6) is 5.75 Å². The summed E-state index contributed by atoms with van der Waals surface area (Å²) in [5, 5.41) is 8.85. The van der Waals surface area contributed by atoms with Gasteiger partial charge in [0.2, 0.25) is 5.95 Å². The molecule has 4 aromatic rings. The first-order chi connectivity index (χ1) is 16.5. The lowest BCUT2D eigenvalue weighted by Gasteiger charge is -2.26. The van der Waals surface area contributed by atoms with Crippen LogP contribution in [0, 0.1) is 5.82 Å². The SMILES string of the molecule is COc1cc(Nc2ncc(F)c(Nc3ccc4oc(=O)[nH]c4c3)n2)ccc1C(=O)NC1CCC1. The summed E-state index contributed by atoms with van der Waals surface area (Å²) < 4.78 is 24.7. The molecule has 0 saturated heterocycles. The van der Waals surface area contributed by atoms with E-state index in [1.54, 1.807) is 36.4 Å². The van der Waals surface area contributed by atoms with E-state index in [0.29, 0.717) is 33.8 Å². The Bertz CT molecular complexity index is 1430. The number of amides is 1. The molecule has 1 aliphatic carbocycles. The van der Waals surface area contributed by atoms with Crippen LogP contribution in [0.15, 0.2) is 51.8 Å². The lowest BCUT2D eigenvalue weighted by molar-refractivity contribution is 0.0914. The number of rotatable bonds is 7. The van der Waals surface area contributed by atoms with Gasteiger partial charge < -0.3 is 25.1 Å². The van der Waals surface area contributed by atoms with Crippen molar-refractivity contribution >= 4 is 40.1 Å². The lowest BCUT2D eigenvalue weighted by atomic mass is 9.93. The summed E-state index contributed by atoms with van der Waals surface area (Å²) in [6.45, 7) is 0. The van der Waals surface area contributed by atoms with Crippen molar-refractivity contribution in [1.29, 1.82) is 0 Å². The Morgan fingerprint density at radius 1 is 1.18 bits per heavy atom. The number of ether oxygens (including phenoxy) is 1. The zero-order valence-corrected chi connectivity index (χ0v) is 18.1. The average Bonchev–Trinajstić information content (AvgIpc) is 3.17. The Morgan fingerprint density at radius 3 is 2.74 bits per heavy atom. The van der Waals surface area contributed by atoms with Gasteiger partial charge in [0.25, 0.3) is 5.91 Å². The molecule has 0 unspecified atom stereocenters. The van der Waals surface area contributed by atoms with Crippen LogP contribution in [0.4, 0.5) is 27.5 Å². The molecule has 1 aliphatic rings. The molecule has 2 aromatic heterocycles. The van der Waals surface area contributed by atoms with E-state index in [9.17, 15) is 14.0 Å². The fourth-order valence-electron chi connectivity index (χ4n) is 3.58. The zero-order chi connectivity index (χ0) is 23.7. The molecule has 0 atom stereocenters. The van der Waals surface area contributed by atoms with Gasteiger partial charge in [0.1, 0.15) is 5.75 Å². The Kier molecular flexibility index (Phi) is 5.58. The third-order valence-electron chi connectivity index (χ3n) is 5.57. The van der Waals surface area contributed by atoms with E-state index in [4.69, 9.17) is 9.15 Å². The quantitative estimate of drug-likeness (QED) is 0.324. The first-order valence-corrected chi connectivity index (χ1v) is 10.7. The van der Waals surface area contributed by atoms with E-state index in [2.05, 4.69) is 30.9 Å². The van der Waals surface area contributed by atoms with Gasteiger partial charge in [-0.25, -0.2) is 14.2 Å². The van der Waals surface area contributed by atoms with Crippen LogP contribution in [-0.4, -0.2) is 34.0 Å². The van der Waals surface area contributed by atoms with Crippen LogP contribution >= 0.6 is 0 Å². The maximum Gasteiger partial charge on any atom is 0.417 e. The van der Waals surface area contributed by atoms with Crippen LogP contribution in [0.1, 0.15) is 29.6 Å². The number of aromatic nitrogens is 3. The molecule has 2 aromatic carbocycles. The lowest BCUT2D eigenvalue weighted by Crippen LogP contribution is -2.39. The van der Waals surface area contributed by atoms with Crippen molar-refractivity contribution in [2.45, 2.75) is 25.3 Å². The van der Waals surface area contributed by atoms with E-state index in [-0.39, 0.29) is 23.7 Å². The molecule has 0 spiro atoms. The first-order valence-electron chi connectivity index (χ1n) is 10.7. The molecule has 4 N–H and O–H groups in total. The molecule has 5 rings (SSSR count). The third-order valence-corrected chi connectivity index (χ3v) is 5.57. The molecular formula is C23H21FN6O4. The van der Waals surface area contributed by atoms with Gasteiger partial charge in [-0.05, 0) is 49.6 Å². The number of methoxy groups -OCH3 is 1. The van der Waals surface area contributed by atoms with Crippen LogP contribution in [0.3, 0.4) is 0 Å². The third kappa shape index (κ3) is 4.40. The Labute approximate surface area is 192 Å². The molecule has 1 fully saturated rings. The number of nitrogens with zero attached hydrogens (tertiary/aromatic N) is 2. The van der Waals surface area contributed by atoms with Gasteiger partial charge in [-0.3, -0.25) is 9.78 Å². The topological polar surface area (TPSA) is 134 Å². The molecular weight excluding hydrogens is 443 g/mol. The van der Waals surface area contributed by atoms with Gasteiger partial charge in [-0.2, -0.15) is 4.98 Å². The van der Waals surface area contributed by atoms with Crippen LogP contribution in [0.2, 0.25) is 0 Å². The number of carbonyl (C=O) groups excluding carboxylic acids is 1. The predicted molar refractivity (Wildman–Crippen MR) is 123 cm³/mol. The monoisotopic (exact) mass is 464 g/mol. The second-order valence-electron chi connectivity index (χ2n) is 7.88. The highest BCUT2D eigenvalue weighted by molar-refractivity contribution is 5.97. The zero-order valence-electron chi connectivity index (χ0n) is 18.1. The smallest absolute Gasteiger partial charge is 0.417 e. The number of hydrogen-bond donors (Lipinski definition) is 4. The summed E-state index contributed by atoms with van der Waals surface area (Å²) in [5.74, 6) is -0.958. The number of fused-ring (bicyclic) bond motifs is 1. The van der Waals surface area contributed by atoms with Gasteiger partial charge in [-0.1, -0.05) is 0 Å². The molecule has 11 heteroatoms. The maximum atomic E-state index is 14.4. The summed E-state index contributed by atoms with van der Waals surface area (Å²) in [6.07, 6.45) is 4.13. The van der Waals surface area contributed by atoms with E-state index >= 15 is 0 Å². The van der Waals surface area contributed by atoms with Crippen molar-refractivity contribution < 1.29 is 18.3 Å². The molecule has 10 nitrogen and oxygen atoms in total. The number of nitrogens with one attached hydrogen (secondary N) is 4. The number of benzene rings is 2. The second kappa shape index (κ2) is 8.85. The van der Waals surface area contributed by atoms with Crippen molar-refractivity contribution in [1.82, 2.24) is 20.3 Å². The molecule has 1 amide bonds. The summed E-state index contributed by atoms with van der Waals surface area (Å²) in [7, 11) is 1.49. The highest BCUT2D eigenvalue weighted by Gasteiger charge is 2.22. The number of H-pyrrole nitrogens is 1. The molecule has 34 heavy (non-hydrogen) atoms. The minimum atomic E-state index is -0.660. The Balaban J connectivity index is 1.34. The van der Waals surface area contributed by atoms with Gasteiger partial charge in [0.15, 0.2) is 17.2 Å². The normalized spacial score (nSPS) is 13.4. The molecule has 0 bridgehead atoms. The highest BCUT2D eigenvalue weighted by atomic mass is 19.1. The maximum absolute atomic E-state index is 14.4. The van der Waals surface area contributed by atoms with Crippen LogP contribution in [-0.2, 0) is 0 Å². The van der Waals surface area contributed by atoms with E-state index in [0.717, 1.165) is 25.5 Å². The van der Waals surface area contributed by atoms with E-state index in [1.807, 2.05) is 0 Å². The fraction of sp³-hybridized carbons (Fsp3) is 0.217. The molecule has 2 heterocycles.